The minimum Gasteiger partial charge on any atom is -0.374 e. The van der Waals surface area contributed by atoms with Crippen LogP contribution in [-0.4, -0.2) is 23.1 Å². The van der Waals surface area contributed by atoms with Crippen LogP contribution in [0.3, 0.4) is 0 Å². The third-order valence-electron chi connectivity index (χ3n) is 2.90. The summed E-state index contributed by atoms with van der Waals surface area (Å²) < 4.78 is 12.7. The molecular formula is C12H16FNO. The number of piperidine rings is 1. The molecule has 1 N–H and O–H groups in total. The lowest BCUT2D eigenvalue weighted by atomic mass is 10.1. The van der Waals surface area contributed by atoms with Crippen molar-refractivity contribution in [3.8, 4) is 0 Å². The van der Waals surface area contributed by atoms with Crippen LogP contribution in [0.4, 0.5) is 4.39 Å². The van der Waals surface area contributed by atoms with E-state index in [9.17, 15) is 9.50 Å². The minimum absolute atomic E-state index is 0.260. The van der Waals surface area contributed by atoms with E-state index in [-0.39, 0.29) is 5.82 Å². The SMILES string of the molecule is OC(c1ccc(F)cc1)N1CCCCC1. The molecule has 2 rings (SSSR count). The summed E-state index contributed by atoms with van der Waals surface area (Å²) >= 11 is 0. The van der Waals surface area contributed by atoms with E-state index in [0.29, 0.717) is 0 Å². The fraction of sp³-hybridized carbons (Fsp3) is 0.500. The van der Waals surface area contributed by atoms with Crippen molar-refractivity contribution in [1.82, 2.24) is 4.90 Å². The maximum Gasteiger partial charge on any atom is 0.133 e. The maximum atomic E-state index is 12.7. The van der Waals surface area contributed by atoms with Crippen LogP contribution in [0.15, 0.2) is 24.3 Å². The highest BCUT2D eigenvalue weighted by atomic mass is 19.1. The second kappa shape index (κ2) is 4.73. The molecule has 0 bridgehead atoms. The molecule has 1 unspecified atom stereocenters. The number of hydrogen-bond acceptors (Lipinski definition) is 2. The van der Waals surface area contributed by atoms with Crippen LogP contribution in [0.2, 0.25) is 0 Å². The number of hydrogen-bond donors (Lipinski definition) is 1. The van der Waals surface area contributed by atoms with Gasteiger partial charge in [-0.3, -0.25) is 4.90 Å². The number of aliphatic hydroxyl groups is 1. The lowest BCUT2D eigenvalue weighted by Gasteiger charge is -2.31. The molecule has 1 atom stereocenters. The Bertz CT molecular complexity index is 306. The fourth-order valence-corrected chi connectivity index (χ4v) is 2.01. The molecule has 0 saturated carbocycles. The van der Waals surface area contributed by atoms with Crippen LogP contribution in [0.5, 0.6) is 0 Å². The van der Waals surface area contributed by atoms with E-state index in [0.717, 1.165) is 31.5 Å². The quantitative estimate of drug-likeness (QED) is 0.808. The summed E-state index contributed by atoms with van der Waals surface area (Å²) in [7, 11) is 0. The van der Waals surface area contributed by atoms with Gasteiger partial charge in [0, 0.05) is 13.1 Å². The van der Waals surface area contributed by atoms with Crippen molar-refractivity contribution in [2.24, 2.45) is 0 Å². The smallest absolute Gasteiger partial charge is 0.133 e. The van der Waals surface area contributed by atoms with Gasteiger partial charge in [-0.15, -0.1) is 0 Å². The first-order valence-electron chi connectivity index (χ1n) is 5.45. The van der Waals surface area contributed by atoms with Gasteiger partial charge >= 0.3 is 0 Å². The van der Waals surface area contributed by atoms with Gasteiger partial charge in [-0.25, -0.2) is 4.39 Å². The summed E-state index contributed by atoms with van der Waals surface area (Å²) in [6.07, 6.45) is 2.94. The molecule has 1 saturated heterocycles. The monoisotopic (exact) mass is 209 g/mol. The largest absolute Gasteiger partial charge is 0.374 e. The van der Waals surface area contributed by atoms with Gasteiger partial charge in [-0.05, 0) is 30.5 Å². The van der Waals surface area contributed by atoms with Crippen LogP contribution in [0, 0.1) is 5.82 Å². The van der Waals surface area contributed by atoms with Crippen LogP contribution < -0.4 is 0 Å². The molecule has 0 aliphatic carbocycles. The highest BCUT2D eigenvalue weighted by molar-refractivity contribution is 5.18. The molecule has 82 valence electrons. The predicted octanol–water partition coefficient (Wildman–Crippen LogP) is 2.30. The molecule has 1 aliphatic heterocycles. The van der Waals surface area contributed by atoms with Gasteiger partial charge < -0.3 is 5.11 Å². The van der Waals surface area contributed by atoms with Gasteiger partial charge in [0.25, 0.3) is 0 Å². The van der Waals surface area contributed by atoms with Gasteiger partial charge in [0.15, 0.2) is 0 Å². The Morgan fingerprint density at radius 3 is 2.27 bits per heavy atom. The van der Waals surface area contributed by atoms with Crippen molar-refractivity contribution in [2.75, 3.05) is 13.1 Å². The zero-order chi connectivity index (χ0) is 10.7. The average Bonchev–Trinajstić information content (AvgIpc) is 2.30. The Morgan fingerprint density at radius 2 is 1.67 bits per heavy atom. The number of rotatable bonds is 2. The molecule has 1 aromatic carbocycles. The lowest BCUT2D eigenvalue weighted by molar-refractivity contribution is -0.00986. The van der Waals surface area contributed by atoms with Crippen molar-refractivity contribution in [3.63, 3.8) is 0 Å². The molecule has 2 nitrogen and oxygen atoms in total. The van der Waals surface area contributed by atoms with Crippen molar-refractivity contribution in [2.45, 2.75) is 25.5 Å². The molecule has 0 aromatic heterocycles. The van der Waals surface area contributed by atoms with Gasteiger partial charge in [0.2, 0.25) is 0 Å². The Labute approximate surface area is 89.3 Å². The van der Waals surface area contributed by atoms with Gasteiger partial charge in [0.05, 0.1) is 0 Å². The Hall–Kier alpha value is -0.930. The molecule has 0 spiro atoms. The molecule has 0 amide bonds. The van der Waals surface area contributed by atoms with E-state index in [2.05, 4.69) is 0 Å². The standard InChI is InChI=1S/C12H16FNO/c13-11-6-4-10(5-7-11)12(15)14-8-2-1-3-9-14/h4-7,12,15H,1-3,8-9H2. The molecular weight excluding hydrogens is 193 g/mol. The second-order valence-electron chi connectivity index (χ2n) is 4.02. The maximum absolute atomic E-state index is 12.7. The highest BCUT2D eigenvalue weighted by Crippen LogP contribution is 2.22. The van der Waals surface area contributed by atoms with E-state index in [1.165, 1.54) is 18.6 Å². The Balaban J connectivity index is 2.05. The van der Waals surface area contributed by atoms with Crippen LogP contribution in [-0.2, 0) is 0 Å². The predicted molar refractivity (Wildman–Crippen MR) is 56.8 cm³/mol. The number of aliphatic hydroxyl groups excluding tert-OH is 1. The summed E-state index contributed by atoms with van der Waals surface area (Å²) in [5.41, 5.74) is 0.776. The Morgan fingerprint density at radius 1 is 1.07 bits per heavy atom. The van der Waals surface area contributed by atoms with Crippen molar-refractivity contribution in [3.05, 3.63) is 35.6 Å². The third kappa shape index (κ3) is 2.55. The summed E-state index contributed by atoms with van der Waals surface area (Å²) in [5.74, 6) is -0.260. The van der Waals surface area contributed by atoms with Gasteiger partial charge in [0.1, 0.15) is 12.0 Å². The van der Waals surface area contributed by atoms with E-state index in [4.69, 9.17) is 0 Å². The van der Waals surface area contributed by atoms with E-state index in [1.807, 2.05) is 4.90 Å². The third-order valence-corrected chi connectivity index (χ3v) is 2.90. The van der Waals surface area contributed by atoms with E-state index < -0.39 is 6.23 Å². The topological polar surface area (TPSA) is 23.5 Å². The second-order valence-corrected chi connectivity index (χ2v) is 4.02. The number of benzene rings is 1. The van der Waals surface area contributed by atoms with E-state index in [1.54, 1.807) is 12.1 Å². The van der Waals surface area contributed by atoms with Crippen molar-refractivity contribution in [1.29, 1.82) is 0 Å². The van der Waals surface area contributed by atoms with Crippen LogP contribution in [0.25, 0.3) is 0 Å². The number of nitrogens with zero attached hydrogens (tertiary/aromatic N) is 1. The van der Waals surface area contributed by atoms with E-state index >= 15 is 0 Å². The number of likely N-dealkylation sites (tertiary alicyclic amines) is 1. The summed E-state index contributed by atoms with van der Waals surface area (Å²) in [4.78, 5) is 2.04. The van der Waals surface area contributed by atoms with Crippen LogP contribution >= 0.6 is 0 Å². The molecule has 3 heteroatoms. The zero-order valence-corrected chi connectivity index (χ0v) is 8.69. The molecule has 1 aliphatic rings. The van der Waals surface area contributed by atoms with Crippen LogP contribution in [0.1, 0.15) is 31.1 Å². The summed E-state index contributed by atoms with van der Waals surface area (Å²) in [6, 6.07) is 6.08. The number of halogens is 1. The fourth-order valence-electron chi connectivity index (χ4n) is 2.01. The first-order valence-corrected chi connectivity index (χ1v) is 5.45. The summed E-state index contributed by atoms with van der Waals surface area (Å²) in [6.45, 7) is 1.86. The molecule has 1 fully saturated rings. The molecule has 1 heterocycles. The average molecular weight is 209 g/mol. The molecule has 1 aromatic rings. The first kappa shape index (κ1) is 10.6. The Kier molecular flexibility index (Phi) is 3.34. The van der Waals surface area contributed by atoms with Gasteiger partial charge in [-0.1, -0.05) is 18.6 Å². The first-order chi connectivity index (χ1) is 7.27. The molecule has 0 radical (unpaired) electrons. The summed E-state index contributed by atoms with van der Waals surface area (Å²) in [5, 5.41) is 10.0. The van der Waals surface area contributed by atoms with Gasteiger partial charge in [-0.2, -0.15) is 0 Å². The lowest BCUT2D eigenvalue weighted by Crippen LogP contribution is -2.33. The zero-order valence-electron chi connectivity index (χ0n) is 8.69. The molecule has 15 heavy (non-hydrogen) atoms. The van der Waals surface area contributed by atoms with Crippen molar-refractivity contribution >= 4 is 0 Å². The minimum atomic E-state index is -0.578. The highest BCUT2D eigenvalue weighted by Gasteiger charge is 2.19. The normalized spacial score (nSPS) is 20.1. The van der Waals surface area contributed by atoms with Crippen molar-refractivity contribution < 1.29 is 9.50 Å².